The molecule has 1 aliphatic rings. The van der Waals surface area contributed by atoms with E-state index in [0.717, 1.165) is 19.3 Å². The van der Waals surface area contributed by atoms with Crippen LogP contribution in [0.15, 0.2) is 0 Å². The third-order valence-corrected chi connectivity index (χ3v) is 2.80. The smallest absolute Gasteiger partial charge is 0.313 e. The first-order valence-corrected chi connectivity index (χ1v) is 5.20. The fraction of sp³-hybridized carbons (Fsp3) is 0.900. The van der Waals surface area contributed by atoms with E-state index in [1.165, 1.54) is 0 Å². The Balaban J connectivity index is 2.20. The third kappa shape index (κ3) is 2.45. The summed E-state index contributed by atoms with van der Waals surface area (Å²) in [5, 5.41) is 0. The molecule has 1 fully saturated rings. The first kappa shape index (κ1) is 11.5. The van der Waals surface area contributed by atoms with Gasteiger partial charge in [-0.15, -0.1) is 0 Å². The molecule has 0 saturated heterocycles. The van der Waals surface area contributed by atoms with Crippen LogP contribution in [0.2, 0.25) is 0 Å². The summed E-state index contributed by atoms with van der Waals surface area (Å²) in [6.45, 7) is 3.78. The summed E-state index contributed by atoms with van der Waals surface area (Å²) >= 11 is 0. The number of carbonyl (C=O) groups is 1. The Bertz CT molecular complexity index is 184. The number of nitrogens with two attached hydrogens (primary N) is 1. The first-order valence-electron chi connectivity index (χ1n) is 5.20. The van der Waals surface area contributed by atoms with E-state index in [1.807, 2.05) is 6.92 Å². The van der Waals surface area contributed by atoms with Gasteiger partial charge in [-0.3, -0.25) is 4.79 Å². The summed E-state index contributed by atoms with van der Waals surface area (Å²) in [6, 6.07) is 0. The SMILES string of the molecule is CCOCCOC(=O)C1(CN)CCC1. The van der Waals surface area contributed by atoms with Crippen molar-refractivity contribution in [3.63, 3.8) is 0 Å². The second-order valence-electron chi connectivity index (χ2n) is 3.67. The highest BCUT2D eigenvalue weighted by Crippen LogP contribution is 2.40. The van der Waals surface area contributed by atoms with E-state index in [9.17, 15) is 4.79 Å². The molecule has 2 N–H and O–H groups in total. The van der Waals surface area contributed by atoms with Crippen molar-refractivity contribution in [2.45, 2.75) is 26.2 Å². The fourth-order valence-electron chi connectivity index (χ4n) is 1.59. The molecule has 1 rings (SSSR count). The summed E-state index contributed by atoms with van der Waals surface area (Å²) in [7, 11) is 0. The Morgan fingerprint density at radius 1 is 1.43 bits per heavy atom. The van der Waals surface area contributed by atoms with Crippen LogP contribution in [0.3, 0.4) is 0 Å². The Morgan fingerprint density at radius 2 is 2.14 bits per heavy atom. The molecule has 0 aromatic heterocycles. The molecule has 4 nitrogen and oxygen atoms in total. The lowest BCUT2D eigenvalue weighted by Crippen LogP contribution is -2.45. The molecule has 0 aromatic rings. The molecule has 1 saturated carbocycles. The van der Waals surface area contributed by atoms with Crippen LogP contribution in [0, 0.1) is 5.41 Å². The van der Waals surface area contributed by atoms with E-state index < -0.39 is 0 Å². The zero-order chi connectivity index (χ0) is 10.4. The van der Waals surface area contributed by atoms with Crippen molar-refractivity contribution in [2.75, 3.05) is 26.4 Å². The van der Waals surface area contributed by atoms with Gasteiger partial charge >= 0.3 is 5.97 Å². The van der Waals surface area contributed by atoms with Gasteiger partial charge in [-0.25, -0.2) is 0 Å². The zero-order valence-electron chi connectivity index (χ0n) is 8.75. The molecule has 1 aliphatic carbocycles. The molecule has 0 atom stereocenters. The van der Waals surface area contributed by atoms with E-state index in [1.54, 1.807) is 0 Å². The predicted molar refractivity (Wildman–Crippen MR) is 52.8 cm³/mol. The molecule has 0 radical (unpaired) electrons. The minimum Gasteiger partial charge on any atom is -0.463 e. The molecule has 0 bridgehead atoms. The number of esters is 1. The normalized spacial score (nSPS) is 18.7. The topological polar surface area (TPSA) is 61.5 Å². The van der Waals surface area contributed by atoms with Crippen molar-refractivity contribution >= 4 is 5.97 Å². The first-order chi connectivity index (χ1) is 6.75. The zero-order valence-corrected chi connectivity index (χ0v) is 8.75. The molecule has 4 heteroatoms. The summed E-state index contributed by atoms with van der Waals surface area (Å²) in [6.07, 6.45) is 2.83. The van der Waals surface area contributed by atoms with Gasteiger partial charge in [0, 0.05) is 13.2 Å². The molecule has 0 unspecified atom stereocenters. The van der Waals surface area contributed by atoms with Crippen molar-refractivity contribution in [2.24, 2.45) is 11.1 Å². The number of hydrogen-bond acceptors (Lipinski definition) is 4. The Kier molecular flexibility index (Phi) is 4.35. The van der Waals surface area contributed by atoms with E-state index in [2.05, 4.69) is 0 Å². The van der Waals surface area contributed by atoms with Crippen LogP contribution >= 0.6 is 0 Å². The molecule has 0 heterocycles. The van der Waals surface area contributed by atoms with Crippen LogP contribution in [0.1, 0.15) is 26.2 Å². The second-order valence-corrected chi connectivity index (χ2v) is 3.67. The van der Waals surface area contributed by atoms with Gasteiger partial charge in [-0.1, -0.05) is 6.42 Å². The highest BCUT2D eigenvalue weighted by Gasteiger charge is 2.44. The Labute approximate surface area is 84.7 Å². The summed E-state index contributed by atoms with van der Waals surface area (Å²) < 4.78 is 10.2. The Hall–Kier alpha value is -0.610. The standard InChI is InChI=1S/C10H19NO3/c1-2-13-6-7-14-9(12)10(8-11)4-3-5-10/h2-8,11H2,1H3. The van der Waals surface area contributed by atoms with Crippen molar-refractivity contribution in [3.8, 4) is 0 Å². The van der Waals surface area contributed by atoms with Crippen molar-refractivity contribution in [1.82, 2.24) is 0 Å². The maximum Gasteiger partial charge on any atom is 0.313 e. The molecular weight excluding hydrogens is 182 g/mol. The van der Waals surface area contributed by atoms with Gasteiger partial charge in [0.25, 0.3) is 0 Å². The lowest BCUT2D eigenvalue weighted by Gasteiger charge is -2.37. The van der Waals surface area contributed by atoms with E-state index in [4.69, 9.17) is 15.2 Å². The highest BCUT2D eigenvalue weighted by atomic mass is 16.6. The van der Waals surface area contributed by atoms with Crippen LogP contribution in [0.5, 0.6) is 0 Å². The van der Waals surface area contributed by atoms with Gasteiger partial charge in [0.2, 0.25) is 0 Å². The van der Waals surface area contributed by atoms with Crippen LogP contribution in [0.4, 0.5) is 0 Å². The maximum atomic E-state index is 11.6. The molecule has 0 aliphatic heterocycles. The van der Waals surface area contributed by atoms with Crippen LogP contribution in [-0.4, -0.2) is 32.3 Å². The molecule has 0 aromatic carbocycles. The van der Waals surface area contributed by atoms with Crippen LogP contribution < -0.4 is 5.73 Å². The average Bonchev–Trinajstić information content (AvgIpc) is 2.12. The minimum absolute atomic E-state index is 0.147. The summed E-state index contributed by atoms with van der Waals surface area (Å²) in [4.78, 5) is 11.6. The monoisotopic (exact) mass is 201 g/mol. The van der Waals surface area contributed by atoms with Crippen molar-refractivity contribution < 1.29 is 14.3 Å². The van der Waals surface area contributed by atoms with Gasteiger partial charge in [0.05, 0.1) is 12.0 Å². The highest BCUT2D eigenvalue weighted by molar-refractivity contribution is 5.78. The van der Waals surface area contributed by atoms with Crippen molar-refractivity contribution in [3.05, 3.63) is 0 Å². The predicted octanol–water partition coefficient (Wildman–Crippen LogP) is 0.695. The summed E-state index contributed by atoms with van der Waals surface area (Å²) in [5.74, 6) is -0.147. The number of ether oxygens (including phenoxy) is 2. The van der Waals surface area contributed by atoms with Crippen LogP contribution in [-0.2, 0) is 14.3 Å². The Morgan fingerprint density at radius 3 is 2.57 bits per heavy atom. The second kappa shape index (κ2) is 5.32. The molecule has 82 valence electrons. The van der Waals surface area contributed by atoms with Gasteiger partial charge in [-0.2, -0.15) is 0 Å². The van der Waals surface area contributed by atoms with Gasteiger partial charge in [0.1, 0.15) is 6.61 Å². The van der Waals surface area contributed by atoms with Gasteiger partial charge in [-0.05, 0) is 19.8 Å². The molecular formula is C10H19NO3. The maximum absolute atomic E-state index is 11.6. The molecule has 14 heavy (non-hydrogen) atoms. The van der Waals surface area contributed by atoms with Gasteiger partial charge in [0.15, 0.2) is 0 Å². The molecule has 0 spiro atoms. The van der Waals surface area contributed by atoms with E-state index in [-0.39, 0.29) is 11.4 Å². The lowest BCUT2D eigenvalue weighted by molar-refractivity contribution is -0.162. The summed E-state index contributed by atoms with van der Waals surface area (Å²) in [5.41, 5.74) is 5.20. The third-order valence-electron chi connectivity index (χ3n) is 2.80. The van der Waals surface area contributed by atoms with Crippen molar-refractivity contribution in [1.29, 1.82) is 0 Å². The fourth-order valence-corrected chi connectivity index (χ4v) is 1.59. The number of hydrogen-bond donors (Lipinski definition) is 1. The quantitative estimate of drug-likeness (QED) is 0.507. The molecule has 0 amide bonds. The number of rotatable bonds is 6. The van der Waals surface area contributed by atoms with Crippen LogP contribution in [0.25, 0.3) is 0 Å². The average molecular weight is 201 g/mol. The lowest BCUT2D eigenvalue weighted by atomic mass is 9.69. The largest absolute Gasteiger partial charge is 0.463 e. The van der Waals surface area contributed by atoms with Gasteiger partial charge < -0.3 is 15.2 Å². The number of carbonyl (C=O) groups excluding carboxylic acids is 1. The van der Waals surface area contributed by atoms with E-state index in [0.29, 0.717) is 26.4 Å². The van der Waals surface area contributed by atoms with E-state index >= 15 is 0 Å². The minimum atomic E-state index is -0.369.